The van der Waals surface area contributed by atoms with Crippen molar-refractivity contribution >= 4 is 17.2 Å². The zero-order chi connectivity index (χ0) is 19.3. The van der Waals surface area contributed by atoms with E-state index in [0.717, 1.165) is 15.6 Å². The summed E-state index contributed by atoms with van der Waals surface area (Å²) < 4.78 is 14.2. The van der Waals surface area contributed by atoms with Crippen LogP contribution in [0.3, 0.4) is 0 Å². The Morgan fingerprint density at radius 3 is 2.67 bits per heavy atom. The number of aromatic nitrogens is 3. The summed E-state index contributed by atoms with van der Waals surface area (Å²) in [5.41, 5.74) is 2.53. The largest absolute Gasteiger partial charge is 0.328 e. The number of amides is 1. The second kappa shape index (κ2) is 6.38. The molecule has 1 N–H and O–H groups in total. The van der Waals surface area contributed by atoms with Crippen molar-refractivity contribution in [3.63, 3.8) is 0 Å². The lowest BCUT2D eigenvalue weighted by Crippen LogP contribution is -2.26. The summed E-state index contributed by atoms with van der Waals surface area (Å²) in [7, 11) is 0. The molecule has 0 bridgehead atoms. The van der Waals surface area contributed by atoms with Crippen LogP contribution < -0.4 is 5.56 Å². The van der Waals surface area contributed by atoms with Gasteiger partial charge in [0.25, 0.3) is 11.5 Å². The highest BCUT2D eigenvalue weighted by Crippen LogP contribution is 2.31. The molecular formula is C19H17FN4O2S. The van der Waals surface area contributed by atoms with Gasteiger partial charge in [-0.3, -0.25) is 9.59 Å². The van der Waals surface area contributed by atoms with Crippen LogP contribution in [-0.2, 0) is 13.1 Å². The monoisotopic (exact) mass is 384 g/mol. The predicted octanol–water partition coefficient (Wildman–Crippen LogP) is 3.11. The Hall–Kier alpha value is -2.87. The molecule has 0 atom stereocenters. The molecular weight excluding hydrogens is 367 g/mol. The first-order valence-corrected chi connectivity index (χ1v) is 9.26. The minimum Gasteiger partial charge on any atom is -0.328 e. The van der Waals surface area contributed by atoms with E-state index in [0.29, 0.717) is 22.6 Å². The second-order valence-electron chi connectivity index (χ2n) is 6.61. The zero-order valence-electron chi connectivity index (χ0n) is 15.1. The van der Waals surface area contributed by atoms with Crippen LogP contribution >= 0.6 is 11.3 Å². The van der Waals surface area contributed by atoms with E-state index in [9.17, 15) is 14.0 Å². The summed E-state index contributed by atoms with van der Waals surface area (Å²) in [6, 6.07) is 4.31. The molecule has 27 heavy (non-hydrogen) atoms. The van der Waals surface area contributed by atoms with Gasteiger partial charge in [-0.2, -0.15) is 0 Å². The number of nitrogens with zero attached hydrogens (tertiary/aromatic N) is 3. The number of carbonyl (C=O) groups is 1. The first-order chi connectivity index (χ1) is 12.8. The van der Waals surface area contributed by atoms with Crippen molar-refractivity contribution in [2.75, 3.05) is 0 Å². The number of halogens is 1. The molecule has 3 aromatic rings. The topological polar surface area (TPSA) is 79.0 Å². The number of rotatable bonds is 2. The highest BCUT2D eigenvalue weighted by atomic mass is 32.1. The van der Waals surface area contributed by atoms with Crippen LogP contribution in [0.2, 0.25) is 0 Å². The zero-order valence-corrected chi connectivity index (χ0v) is 15.9. The fraction of sp³-hybridized carbons (Fsp3) is 0.263. The van der Waals surface area contributed by atoms with Gasteiger partial charge in [-0.15, -0.1) is 11.3 Å². The number of H-pyrrole nitrogens is 1. The van der Waals surface area contributed by atoms with Gasteiger partial charge in [0.15, 0.2) is 0 Å². The Bertz CT molecular complexity index is 1140. The standard InChI is InChI=1S/C19H17FN4O2S/c1-9-17(27-11(3)21-9)12-4-13(6-14(20)5-12)19(26)24-7-15-16(8-24)22-10(2)23-18(15)25/h4-6H,7-8H2,1-3H3,(H,22,23,25). The number of fused-ring (bicyclic) bond motifs is 1. The van der Waals surface area contributed by atoms with Crippen molar-refractivity contribution in [2.45, 2.75) is 33.9 Å². The lowest BCUT2D eigenvalue weighted by Gasteiger charge is -2.15. The number of benzene rings is 1. The van der Waals surface area contributed by atoms with Gasteiger partial charge in [-0.25, -0.2) is 14.4 Å². The molecule has 0 radical (unpaired) electrons. The van der Waals surface area contributed by atoms with Crippen LogP contribution in [-0.4, -0.2) is 25.8 Å². The molecule has 4 rings (SSSR count). The number of nitrogens with one attached hydrogen (secondary N) is 1. The molecule has 1 aromatic carbocycles. The molecule has 1 aliphatic rings. The number of aromatic amines is 1. The highest BCUT2D eigenvalue weighted by Gasteiger charge is 2.28. The number of aryl methyl sites for hydroxylation is 3. The molecule has 1 amide bonds. The molecule has 0 saturated heterocycles. The Kier molecular flexibility index (Phi) is 4.15. The Morgan fingerprint density at radius 1 is 1.19 bits per heavy atom. The van der Waals surface area contributed by atoms with E-state index in [1.165, 1.54) is 28.4 Å². The number of carbonyl (C=O) groups excluding carboxylic acids is 1. The lowest BCUT2D eigenvalue weighted by atomic mass is 10.1. The Labute approximate surface area is 158 Å². The van der Waals surface area contributed by atoms with Crippen LogP contribution in [0.15, 0.2) is 23.0 Å². The summed E-state index contributed by atoms with van der Waals surface area (Å²) in [6.45, 7) is 5.86. The minimum atomic E-state index is -0.482. The fourth-order valence-corrected chi connectivity index (χ4v) is 4.27. The molecule has 0 spiro atoms. The molecule has 0 fully saturated rings. The van der Waals surface area contributed by atoms with E-state index < -0.39 is 5.82 Å². The van der Waals surface area contributed by atoms with Crippen molar-refractivity contribution in [1.29, 1.82) is 0 Å². The average molecular weight is 384 g/mol. The SMILES string of the molecule is Cc1nc2c(c(=O)[nH]1)CN(C(=O)c1cc(F)cc(-c3sc(C)nc3C)c1)C2. The van der Waals surface area contributed by atoms with E-state index in [2.05, 4.69) is 15.0 Å². The van der Waals surface area contributed by atoms with E-state index in [1.807, 2.05) is 13.8 Å². The first-order valence-electron chi connectivity index (χ1n) is 8.45. The maximum Gasteiger partial charge on any atom is 0.256 e. The molecule has 3 heterocycles. The van der Waals surface area contributed by atoms with Crippen molar-refractivity contribution in [1.82, 2.24) is 19.9 Å². The minimum absolute atomic E-state index is 0.168. The molecule has 0 saturated carbocycles. The predicted molar refractivity (Wildman–Crippen MR) is 100 cm³/mol. The third-order valence-electron chi connectivity index (χ3n) is 4.51. The van der Waals surface area contributed by atoms with Gasteiger partial charge >= 0.3 is 0 Å². The summed E-state index contributed by atoms with van der Waals surface area (Å²) in [5, 5.41) is 0.885. The van der Waals surface area contributed by atoms with E-state index in [1.54, 1.807) is 13.0 Å². The first kappa shape index (κ1) is 17.5. The van der Waals surface area contributed by atoms with Crippen molar-refractivity contribution in [3.8, 4) is 10.4 Å². The maximum absolute atomic E-state index is 14.2. The normalized spacial score (nSPS) is 13.1. The number of thiazole rings is 1. The van der Waals surface area contributed by atoms with Crippen LogP contribution in [0.5, 0.6) is 0 Å². The second-order valence-corrected chi connectivity index (χ2v) is 7.82. The van der Waals surface area contributed by atoms with E-state index >= 15 is 0 Å². The van der Waals surface area contributed by atoms with Gasteiger partial charge in [0, 0.05) is 5.56 Å². The number of hydrogen-bond acceptors (Lipinski definition) is 5. The van der Waals surface area contributed by atoms with Crippen LogP contribution in [0.25, 0.3) is 10.4 Å². The molecule has 1 aliphatic heterocycles. The average Bonchev–Trinajstić information content (AvgIpc) is 3.16. The van der Waals surface area contributed by atoms with Gasteiger partial charge in [0.1, 0.15) is 11.6 Å². The summed E-state index contributed by atoms with van der Waals surface area (Å²) in [5.74, 6) is -0.299. The van der Waals surface area contributed by atoms with Gasteiger partial charge in [-0.1, -0.05) is 0 Å². The van der Waals surface area contributed by atoms with Crippen molar-refractivity contribution in [3.05, 3.63) is 67.7 Å². The fourth-order valence-electron chi connectivity index (χ4n) is 3.36. The van der Waals surface area contributed by atoms with E-state index in [-0.39, 0.29) is 30.1 Å². The van der Waals surface area contributed by atoms with Gasteiger partial charge in [0.2, 0.25) is 0 Å². The Morgan fingerprint density at radius 2 is 1.96 bits per heavy atom. The smallest absolute Gasteiger partial charge is 0.256 e. The van der Waals surface area contributed by atoms with Crippen LogP contribution in [0, 0.1) is 26.6 Å². The third-order valence-corrected chi connectivity index (χ3v) is 5.63. The third kappa shape index (κ3) is 3.16. The maximum atomic E-state index is 14.2. The summed E-state index contributed by atoms with van der Waals surface area (Å²) in [4.78, 5) is 38.7. The quantitative estimate of drug-likeness (QED) is 0.736. The Balaban J connectivity index is 1.68. The van der Waals surface area contributed by atoms with Crippen LogP contribution in [0.4, 0.5) is 4.39 Å². The van der Waals surface area contributed by atoms with E-state index in [4.69, 9.17) is 0 Å². The van der Waals surface area contributed by atoms with Gasteiger partial charge < -0.3 is 9.88 Å². The molecule has 0 unspecified atom stereocenters. The van der Waals surface area contributed by atoms with Crippen molar-refractivity contribution in [2.24, 2.45) is 0 Å². The molecule has 2 aromatic heterocycles. The molecule has 138 valence electrons. The summed E-state index contributed by atoms with van der Waals surface area (Å²) >= 11 is 1.46. The van der Waals surface area contributed by atoms with Gasteiger partial charge in [0.05, 0.1) is 39.9 Å². The lowest BCUT2D eigenvalue weighted by molar-refractivity contribution is 0.0749. The molecule has 8 heteroatoms. The van der Waals surface area contributed by atoms with Crippen LogP contribution in [0.1, 0.15) is 38.1 Å². The highest BCUT2D eigenvalue weighted by molar-refractivity contribution is 7.15. The van der Waals surface area contributed by atoms with Crippen molar-refractivity contribution < 1.29 is 9.18 Å². The molecule has 6 nitrogen and oxygen atoms in total. The summed E-state index contributed by atoms with van der Waals surface area (Å²) in [6.07, 6.45) is 0. The number of hydrogen-bond donors (Lipinski definition) is 1. The molecule has 0 aliphatic carbocycles. The van der Waals surface area contributed by atoms with Gasteiger partial charge in [-0.05, 0) is 44.5 Å².